The molecule has 0 fully saturated rings. The van der Waals surface area contributed by atoms with Gasteiger partial charge in [-0.2, -0.15) is 0 Å². The summed E-state index contributed by atoms with van der Waals surface area (Å²) < 4.78 is 0. The number of benzene rings is 1. The Morgan fingerprint density at radius 1 is 1.36 bits per heavy atom. The Bertz CT molecular complexity index is 342. The summed E-state index contributed by atoms with van der Waals surface area (Å²) in [7, 11) is 0. The second-order valence-electron chi connectivity index (χ2n) is 3.39. The molecule has 14 heavy (non-hydrogen) atoms. The lowest BCUT2D eigenvalue weighted by atomic mass is 10.1. The van der Waals surface area contributed by atoms with E-state index in [0.717, 1.165) is 5.56 Å². The fourth-order valence-electron chi connectivity index (χ4n) is 1.15. The van der Waals surface area contributed by atoms with Gasteiger partial charge < -0.3 is 0 Å². The summed E-state index contributed by atoms with van der Waals surface area (Å²) in [5.41, 5.74) is 1.11. The first kappa shape index (κ1) is 10.4. The molecule has 3 nitrogen and oxygen atoms in total. The predicted octanol–water partition coefficient (Wildman–Crippen LogP) is 2.96. The van der Waals surface area contributed by atoms with Gasteiger partial charge in [0.15, 0.2) is 0 Å². The number of rotatable bonds is 3. The van der Waals surface area contributed by atoms with E-state index in [-0.39, 0.29) is 16.5 Å². The topological polar surface area (TPSA) is 43.1 Å². The Kier molecular flexibility index (Phi) is 3.40. The smallest absolute Gasteiger partial charge is 0.249 e. The highest BCUT2D eigenvalue weighted by molar-refractivity contribution is 5.50. The third kappa shape index (κ3) is 2.69. The van der Waals surface area contributed by atoms with Crippen molar-refractivity contribution in [2.45, 2.75) is 13.8 Å². The van der Waals surface area contributed by atoms with Crippen LogP contribution >= 0.6 is 0 Å². The summed E-state index contributed by atoms with van der Waals surface area (Å²) >= 11 is 0. The molecule has 0 N–H and O–H groups in total. The van der Waals surface area contributed by atoms with E-state index >= 15 is 0 Å². The van der Waals surface area contributed by atoms with Crippen LogP contribution in [0.1, 0.15) is 19.4 Å². The van der Waals surface area contributed by atoms with Gasteiger partial charge >= 0.3 is 0 Å². The fraction of sp³-hybridized carbons (Fsp3) is 0.273. The highest BCUT2D eigenvalue weighted by Gasteiger charge is 2.14. The molecule has 0 atom stereocenters. The van der Waals surface area contributed by atoms with Crippen molar-refractivity contribution in [2.24, 2.45) is 5.92 Å². The van der Waals surface area contributed by atoms with Crippen LogP contribution in [0.2, 0.25) is 0 Å². The Labute approximate surface area is 83.2 Å². The molecule has 0 aromatic heterocycles. The van der Waals surface area contributed by atoms with Crippen LogP contribution in [0.3, 0.4) is 0 Å². The molecule has 3 heteroatoms. The van der Waals surface area contributed by atoms with Crippen LogP contribution in [0.4, 0.5) is 0 Å². The molecule has 0 aliphatic rings. The Morgan fingerprint density at radius 2 is 1.93 bits per heavy atom. The minimum atomic E-state index is -0.322. The van der Waals surface area contributed by atoms with Crippen LogP contribution in [-0.4, -0.2) is 4.92 Å². The third-order valence-corrected chi connectivity index (χ3v) is 1.92. The first-order valence-corrected chi connectivity index (χ1v) is 4.52. The van der Waals surface area contributed by atoms with E-state index in [1.165, 1.54) is 0 Å². The van der Waals surface area contributed by atoms with Gasteiger partial charge in [-0.25, -0.2) is 0 Å². The molecular formula is C11H13NO2. The summed E-state index contributed by atoms with van der Waals surface area (Å²) in [5, 5.41) is 10.7. The maximum Gasteiger partial charge on any atom is 0.249 e. The van der Waals surface area contributed by atoms with Crippen molar-refractivity contribution in [1.29, 1.82) is 0 Å². The zero-order chi connectivity index (χ0) is 10.6. The molecule has 0 radical (unpaired) electrons. The molecule has 1 rings (SSSR count). The maximum atomic E-state index is 10.7. The highest BCUT2D eigenvalue weighted by atomic mass is 16.6. The predicted molar refractivity (Wildman–Crippen MR) is 56.3 cm³/mol. The maximum absolute atomic E-state index is 10.7. The largest absolute Gasteiger partial charge is 0.259 e. The van der Waals surface area contributed by atoms with Crippen molar-refractivity contribution >= 4 is 6.08 Å². The van der Waals surface area contributed by atoms with Gasteiger partial charge in [0.25, 0.3) is 0 Å². The summed E-state index contributed by atoms with van der Waals surface area (Å²) in [6.45, 7) is 3.63. The molecule has 0 aliphatic heterocycles. The third-order valence-electron chi connectivity index (χ3n) is 1.92. The second-order valence-corrected chi connectivity index (χ2v) is 3.39. The molecule has 0 unspecified atom stereocenters. The van der Waals surface area contributed by atoms with Crippen molar-refractivity contribution in [3.05, 3.63) is 51.7 Å². The van der Waals surface area contributed by atoms with Crippen LogP contribution in [0.25, 0.3) is 6.08 Å². The van der Waals surface area contributed by atoms with Crippen molar-refractivity contribution in [3.63, 3.8) is 0 Å². The number of hydrogen-bond donors (Lipinski definition) is 0. The van der Waals surface area contributed by atoms with Gasteiger partial charge in [-0.05, 0) is 5.56 Å². The first-order chi connectivity index (χ1) is 6.61. The average molecular weight is 191 g/mol. The lowest BCUT2D eigenvalue weighted by Gasteiger charge is -2.01. The van der Waals surface area contributed by atoms with Gasteiger partial charge in [0.05, 0.1) is 4.92 Å². The molecular weight excluding hydrogens is 178 g/mol. The van der Waals surface area contributed by atoms with E-state index in [2.05, 4.69) is 0 Å². The van der Waals surface area contributed by atoms with Gasteiger partial charge in [-0.15, -0.1) is 0 Å². The van der Waals surface area contributed by atoms with Crippen LogP contribution in [0.5, 0.6) is 0 Å². The molecule has 1 aromatic rings. The van der Waals surface area contributed by atoms with Gasteiger partial charge in [0, 0.05) is 12.0 Å². The van der Waals surface area contributed by atoms with Crippen molar-refractivity contribution in [2.75, 3.05) is 0 Å². The van der Waals surface area contributed by atoms with Crippen LogP contribution in [-0.2, 0) is 0 Å². The SMILES string of the molecule is CC(C)/C(=C/c1ccccc1)[N+](=O)[O-]. The first-order valence-electron chi connectivity index (χ1n) is 4.52. The number of hydrogen-bond acceptors (Lipinski definition) is 2. The molecule has 0 aliphatic carbocycles. The van der Waals surface area contributed by atoms with Crippen LogP contribution < -0.4 is 0 Å². The van der Waals surface area contributed by atoms with Crippen LogP contribution in [0.15, 0.2) is 36.0 Å². The monoisotopic (exact) mass is 191 g/mol. The Hall–Kier alpha value is -1.64. The van der Waals surface area contributed by atoms with Gasteiger partial charge in [-0.3, -0.25) is 10.1 Å². The number of nitrogens with zero attached hydrogens (tertiary/aromatic N) is 1. The van der Waals surface area contributed by atoms with Crippen LogP contribution in [0, 0.1) is 16.0 Å². The minimum Gasteiger partial charge on any atom is -0.259 e. The van der Waals surface area contributed by atoms with Crippen molar-refractivity contribution < 1.29 is 4.92 Å². The number of nitro groups is 1. The standard InChI is InChI=1S/C11H13NO2/c1-9(2)11(12(13)14)8-10-6-4-3-5-7-10/h3-9H,1-2H3/b11-8-. The lowest BCUT2D eigenvalue weighted by Crippen LogP contribution is -2.05. The summed E-state index contributed by atoms with van der Waals surface area (Å²) in [6.07, 6.45) is 1.62. The summed E-state index contributed by atoms with van der Waals surface area (Å²) in [6, 6.07) is 9.32. The van der Waals surface area contributed by atoms with Crippen molar-refractivity contribution in [1.82, 2.24) is 0 Å². The van der Waals surface area contributed by atoms with E-state index < -0.39 is 0 Å². The molecule has 0 saturated heterocycles. The molecule has 74 valence electrons. The quantitative estimate of drug-likeness (QED) is 0.544. The highest BCUT2D eigenvalue weighted by Crippen LogP contribution is 2.14. The molecule has 0 heterocycles. The van der Waals surface area contributed by atoms with E-state index in [0.29, 0.717) is 0 Å². The number of allylic oxidation sites excluding steroid dienone is 1. The van der Waals surface area contributed by atoms with E-state index in [9.17, 15) is 10.1 Å². The summed E-state index contributed by atoms with van der Waals surface area (Å²) in [5.74, 6) is -0.0646. The van der Waals surface area contributed by atoms with Gasteiger partial charge in [-0.1, -0.05) is 44.2 Å². The van der Waals surface area contributed by atoms with Gasteiger partial charge in [0.1, 0.15) is 0 Å². The molecule has 1 aromatic carbocycles. The van der Waals surface area contributed by atoms with Gasteiger partial charge in [0.2, 0.25) is 5.70 Å². The minimum absolute atomic E-state index is 0.0646. The Morgan fingerprint density at radius 3 is 2.36 bits per heavy atom. The zero-order valence-corrected chi connectivity index (χ0v) is 8.31. The molecule has 0 amide bonds. The fourth-order valence-corrected chi connectivity index (χ4v) is 1.15. The van der Waals surface area contributed by atoms with E-state index in [1.807, 2.05) is 44.2 Å². The molecule has 0 bridgehead atoms. The van der Waals surface area contributed by atoms with E-state index in [4.69, 9.17) is 0 Å². The van der Waals surface area contributed by atoms with E-state index in [1.54, 1.807) is 6.08 Å². The molecule has 0 saturated carbocycles. The summed E-state index contributed by atoms with van der Waals surface area (Å²) in [4.78, 5) is 10.4. The normalized spacial score (nSPS) is 11.8. The zero-order valence-electron chi connectivity index (χ0n) is 8.31. The average Bonchev–Trinajstić information content (AvgIpc) is 2.15. The lowest BCUT2D eigenvalue weighted by molar-refractivity contribution is -0.431. The Balaban J connectivity index is 3.00. The van der Waals surface area contributed by atoms with Crippen molar-refractivity contribution in [3.8, 4) is 0 Å². The second kappa shape index (κ2) is 4.56. The molecule has 0 spiro atoms.